The number of ether oxygens (including phenoxy) is 1. The van der Waals surface area contributed by atoms with E-state index in [0.717, 1.165) is 17.7 Å². The van der Waals surface area contributed by atoms with Gasteiger partial charge in [-0.05, 0) is 36.6 Å². The molecule has 0 saturated heterocycles. The van der Waals surface area contributed by atoms with Crippen LogP contribution < -0.4 is 4.74 Å². The summed E-state index contributed by atoms with van der Waals surface area (Å²) in [6.07, 6.45) is 3.18. The van der Waals surface area contributed by atoms with Crippen LogP contribution in [-0.2, 0) is 6.42 Å². The summed E-state index contributed by atoms with van der Waals surface area (Å²) < 4.78 is 18.9. The van der Waals surface area contributed by atoms with Crippen LogP contribution in [0.5, 0.6) is 5.75 Å². The summed E-state index contributed by atoms with van der Waals surface area (Å²) in [5.41, 5.74) is 1.97. The summed E-state index contributed by atoms with van der Waals surface area (Å²) in [5.74, 6) is -0.681. The van der Waals surface area contributed by atoms with Gasteiger partial charge in [-0.25, -0.2) is 4.39 Å². The molecule has 1 atom stereocenters. The number of ketones is 1. The number of hydrogen-bond acceptors (Lipinski definition) is 3. The molecule has 4 heteroatoms. The second-order valence-electron chi connectivity index (χ2n) is 4.85. The molecule has 1 aromatic heterocycles. The number of halogens is 1. The van der Waals surface area contributed by atoms with E-state index in [1.807, 2.05) is 12.1 Å². The molecule has 3 nitrogen and oxygen atoms in total. The number of carbonyl (C=O) groups excluding carboxylic acids is 1. The van der Waals surface area contributed by atoms with Crippen LogP contribution in [0, 0.1) is 5.82 Å². The van der Waals surface area contributed by atoms with Crippen LogP contribution in [0.1, 0.15) is 34.0 Å². The van der Waals surface area contributed by atoms with Gasteiger partial charge in [0, 0.05) is 12.3 Å². The second kappa shape index (κ2) is 5.04. The van der Waals surface area contributed by atoms with Gasteiger partial charge in [0.1, 0.15) is 11.6 Å². The molecule has 0 spiro atoms. The van der Waals surface area contributed by atoms with Crippen molar-refractivity contribution in [1.82, 2.24) is 4.98 Å². The van der Waals surface area contributed by atoms with Crippen molar-refractivity contribution in [2.24, 2.45) is 0 Å². The van der Waals surface area contributed by atoms with Crippen LogP contribution in [-0.4, -0.2) is 17.9 Å². The molecule has 0 fully saturated rings. The summed E-state index contributed by atoms with van der Waals surface area (Å²) in [7, 11) is 1.47. The van der Waals surface area contributed by atoms with Crippen molar-refractivity contribution in [2.75, 3.05) is 7.11 Å². The lowest BCUT2D eigenvalue weighted by molar-refractivity contribution is 0.0954. The molecule has 1 aromatic carbocycles. The van der Waals surface area contributed by atoms with Crippen LogP contribution >= 0.6 is 0 Å². The second-order valence-corrected chi connectivity index (χ2v) is 4.85. The van der Waals surface area contributed by atoms with Crippen molar-refractivity contribution >= 4 is 5.78 Å². The zero-order valence-corrected chi connectivity index (χ0v) is 11.1. The van der Waals surface area contributed by atoms with E-state index in [9.17, 15) is 9.18 Å². The largest absolute Gasteiger partial charge is 0.497 e. The van der Waals surface area contributed by atoms with E-state index in [0.29, 0.717) is 12.2 Å². The van der Waals surface area contributed by atoms with Crippen LogP contribution in [0.15, 0.2) is 36.5 Å². The van der Waals surface area contributed by atoms with Crippen molar-refractivity contribution in [3.05, 3.63) is 59.2 Å². The van der Waals surface area contributed by atoms with Gasteiger partial charge in [-0.3, -0.25) is 9.78 Å². The average Bonchev–Trinajstić information content (AvgIpc) is 2.90. The Kier molecular flexibility index (Phi) is 3.22. The molecular formula is C16H14FNO2. The quantitative estimate of drug-likeness (QED) is 0.805. The fraction of sp³-hybridized carbons (Fsp3) is 0.250. The Morgan fingerprint density at radius 1 is 1.40 bits per heavy atom. The number of aromatic nitrogens is 1. The van der Waals surface area contributed by atoms with Gasteiger partial charge in [-0.15, -0.1) is 0 Å². The average molecular weight is 271 g/mol. The molecule has 1 aliphatic carbocycles. The molecule has 2 aromatic rings. The van der Waals surface area contributed by atoms with Crippen LogP contribution in [0.25, 0.3) is 0 Å². The van der Waals surface area contributed by atoms with Gasteiger partial charge in [-0.2, -0.15) is 0 Å². The molecule has 0 aliphatic heterocycles. The highest BCUT2D eigenvalue weighted by atomic mass is 19.1. The topological polar surface area (TPSA) is 39.2 Å². The Labute approximate surface area is 116 Å². The van der Waals surface area contributed by atoms with Gasteiger partial charge in [0.25, 0.3) is 0 Å². The molecule has 0 amide bonds. The molecular weight excluding hydrogens is 257 g/mol. The molecule has 1 unspecified atom stereocenters. The summed E-state index contributed by atoms with van der Waals surface area (Å²) in [6.45, 7) is 0. The number of methoxy groups -OCH3 is 1. The summed E-state index contributed by atoms with van der Waals surface area (Å²) in [4.78, 5) is 16.8. The number of hydrogen-bond donors (Lipinski definition) is 0. The number of pyridine rings is 1. The number of carbonyl (C=O) groups is 1. The fourth-order valence-corrected chi connectivity index (χ4v) is 2.68. The smallest absolute Gasteiger partial charge is 0.174 e. The lowest BCUT2D eigenvalue weighted by Crippen LogP contribution is -2.13. The van der Waals surface area contributed by atoms with Gasteiger partial charge < -0.3 is 4.74 Å². The Balaban J connectivity index is 1.95. The lowest BCUT2D eigenvalue weighted by Gasteiger charge is -2.11. The van der Waals surface area contributed by atoms with Crippen LogP contribution in [0.3, 0.4) is 0 Å². The number of aryl methyl sites for hydroxylation is 1. The summed E-state index contributed by atoms with van der Waals surface area (Å²) in [6, 6.07) is 8.16. The van der Waals surface area contributed by atoms with Gasteiger partial charge in [0.15, 0.2) is 5.78 Å². The maximum Gasteiger partial charge on any atom is 0.174 e. The standard InChI is InChI=1S/C16H14FNO2/c1-20-11-5-7-12(14(17)9-11)16(19)13-6-4-10-3-2-8-18-15(10)13/h2-3,5,7-9,13H,4,6H2,1H3. The van der Waals surface area contributed by atoms with Crippen LogP contribution in [0.4, 0.5) is 4.39 Å². The first-order valence-electron chi connectivity index (χ1n) is 6.52. The molecule has 0 bridgehead atoms. The van der Waals surface area contributed by atoms with Crippen molar-refractivity contribution in [3.8, 4) is 5.75 Å². The van der Waals surface area contributed by atoms with Crippen molar-refractivity contribution in [1.29, 1.82) is 0 Å². The predicted octanol–water partition coefficient (Wildman–Crippen LogP) is 3.14. The Morgan fingerprint density at radius 3 is 3.00 bits per heavy atom. The number of fused-ring (bicyclic) bond motifs is 1. The minimum atomic E-state index is -0.543. The molecule has 1 heterocycles. The zero-order chi connectivity index (χ0) is 14.1. The van der Waals surface area contributed by atoms with Gasteiger partial charge >= 0.3 is 0 Å². The fourth-order valence-electron chi connectivity index (χ4n) is 2.68. The third kappa shape index (κ3) is 2.07. The molecule has 20 heavy (non-hydrogen) atoms. The molecule has 0 N–H and O–H groups in total. The molecule has 102 valence electrons. The van der Waals surface area contributed by atoms with E-state index in [4.69, 9.17) is 4.74 Å². The maximum absolute atomic E-state index is 14.0. The molecule has 0 saturated carbocycles. The van der Waals surface area contributed by atoms with Crippen molar-refractivity contribution in [2.45, 2.75) is 18.8 Å². The first-order valence-corrected chi connectivity index (χ1v) is 6.52. The Hall–Kier alpha value is -2.23. The van der Waals surface area contributed by atoms with Gasteiger partial charge in [0.05, 0.1) is 24.3 Å². The van der Waals surface area contributed by atoms with E-state index in [2.05, 4.69) is 4.98 Å². The van der Waals surface area contributed by atoms with Gasteiger partial charge in [0.2, 0.25) is 0 Å². The molecule has 0 radical (unpaired) electrons. The molecule has 1 aliphatic rings. The number of nitrogens with zero attached hydrogens (tertiary/aromatic N) is 1. The van der Waals surface area contributed by atoms with Crippen molar-refractivity contribution < 1.29 is 13.9 Å². The van der Waals surface area contributed by atoms with Crippen molar-refractivity contribution in [3.63, 3.8) is 0 Å². The maximum atomic E-state index is 14.0. The first kappa shape index (κ1) is 12.8. The monoisotopic (exact) mass is 271 g/mol. The Bertz CT molecular complexity index is 669. The predicted molar refractivity (Wildman–Crippen MR) is 72.6 cm³/mol. The van der Waals surface area contributed by atoms with Gasteiger partial charge in [-0.1, -0.05) is 6.07 Å². The molecule has 3 rings (SSSR count). The van der Waals surface area contributed by atoms with E-state index in [-0.39, 0.29) is 17.3 Å². The highest BCUT2D eigenvalue weighted by Gasteiger charge is 2.31. The number of Topliss-reactive ketones (excluding diaryl/α,β-unsaturated/α-hetero) is 1. The SMILES string of the molecule is COc1ccc(C(=O)C2CCc3cccnc32)c(F)c1. The lowest BCUT2D eigenvalue weighted by atomic mass is 9.95. The Morgan fingerprint density at radius 2 is 2.25 bits per heavy atom. The van der Waals surface area contributed by atoms with E-state index >= 15 is 0 Å². The summed E-state index contributed by atoms with van der Waals surface area (Å²) in [5, 5.41) is 0. The minimum Gasteiger partial charge on any atom is -0.497 e. The minimum absolute atomic E-state index is 0.106. The highest BCUT2D eigenvalue weighted by Crippen LogP contribution is 2.34. The highest BCUT2D eigenvalue weighted by molar-refractivity contribution is 6.01. The zero-order valence-electron chi connectivity index (χ0n) is 11.1. The van der Waals surface area contributed by atoms with E-state index in [1.54, 1.807) is 12.3 Å². The first-order chi connectivity index (χ1) is 9.70. The third-order valence-electron chi connectivity index (χ3n) is 3.72. The van der Waals surface area contributed by atoms with E-state index < -0.39 is 5.82 Å². The number of benzene rings is 1. The summed E-state index contributed by atoms with van der Waals surface area (Å²) >= 11 is 0. The van der Waals surface area contributed by atoms with E-state index in [1.165, 1.54) is 19.2 Å². The normalized spacial score (nSPS) is 16.8. The third-order valence-corrected chi connectivity index (χ3v) is 3.72. The van der Waals surface area contributed by atoms with Crippen LogP contribution in [0.2, 0.25) is 0 Å². The number of rotatable bonds is 3.